The monoisotopic (exact) mass is 248 g/mol. The van der Waals surface area contributed by atoms with Crippen LogP contribution in [0.2, 0.25) is 0 Å². The predicted octanol–water partition coefficient (Wildman–Crippen LogP) is 1.09. The molecule has 0 aromatic heterocycles. The molecule has 96 valence electrons. The third-order valence-electron chi connectivity index (χ3n) is 3.39. The topological polar surface area (TPSA) is 58.2 Å². The standard InChI is InChI=1S/C11H24N2O2S/c1-3-10-4-6-11(7-5-10)13-16(14,15)9-8-12-2/h10-13H,3-9H2,1-2H3. The molecule has 1 rings (SSSR count). The molecule has 0 bridgehead atoms. The van der Waals surface area contributed by atoms with Crippen molar-refractivity contribution in [3.05, 3.63) is 0 Å². The largest absolute Gasteiger partial charge is 0.319 e. The lowest BCUT2D eigenvalue weighted by Crippen LogP contribution is -2.40. The van der Waals surface area contributed by atoms with E-state index in [2.05, 4.69) is 17.0 Å². The fourth-order valence-corrected chi connectivity index (χ4v) is 3.57. The van der Waals surface area contributed by atoms with E-state index in [-0.39, 0.29) is 11.8 Å². The first-order valence-electron chi connectivity index (χ1n) is 6.22. The number of hydrogen-bond acceptors (Lipinski definition) is 3. The average Bonchev–Trinajstić information content (AvgIpc) is 2.27. The van der Waals surface area contributed by atoms with Gasteiger partial charge in [0.15, 0.2) is 0 Å². The lowest BCUT2D eigenvalue weighted by Gasteiger charge is -2.28. The molecule has 1 fully saturated rings. The van der Waals surface area contributed by atoms with Gasteiger partial charge in [-0.15, -0.1) is 0 Å². The number of sulfonamides is 1. The van der Waals surface area contributed by atoms with Crippen LogP contribution in [0.25, 0.3) is 0 Å². The van der Waals surface area contributed by atoms with E-state index >= 15 is 0 Å². The molecule has 5 heteroatoms. The molecule has 0 atom stereocenters. The van der Waals surface area contributed by atoms with Crippen LogP contribution in [0.1, 0.15) is 39.0 Å². The van der Waals surface area contributed by atoms with Gasteiger partial charge in [-0.2, -0.15) is 0 Å². The van der Waals surface area contributed by atoms with Gasteiger partial charge < -0.3 is 5.32 Å². The zero-order valence-electron chi connectivity index (χ0n) is 10.3. The van der Waals surface area contributed by atoms with Crippen LogP contribution in [0, 0.1) is 5.92 Å². The van der Waals surface area contributed by atoms with Gasteiger partial charge in [0.1, 0.15) is 0 Å². The smallest absolute Gasteiger partial charge is 0.213 e. The molecular weight excluding hydrogens is 224 g/mol. The predicted molar refractivity (Wildman–Crippen MR) is 66.9 cm³/mol. The summed E-state index contributed by atoms with van der Waals surface area (Å²) in [5, 5.41) is 2.86. The highest BCUT2D eigenvalue weighted by molar-refractivity contribution is 7.89. The highest BCUT2D eigenvalue weighted by atomic mass is 32.2. The van der Waals surface area contributed by atoms with Gasteiger partial charge in [0, 0.05) is 12.6 Å². The Kier molecular flexibility index (Phi) is 5.72. The van der Waals surface area contributed by atoms with E-state index in [0.717, 1.165) is 31.6 Å². The maximum absolute atomic E-state index is 11.7. The van der Waals surface area contributed by atoms with Gasteiger partial charge in [-0.05, 0) is 38.6 Å². The van der Waals surface area contributed by atoms with Crippen LogP contribution in [-0.4, -0.2) is 33.8 Å². The first kappa shape index (κ1) is 13.9. The maximum Gasteiger partial charge on any atom is 0.213 e. The summed E-state index contributed by atoms with van der Waals surface area (Å²) >= 11 is 0. The summed E-state index contributed by atoms with van der Waals surface area (Å²) in [6, 6.07) is 0.171. The fraction of sp³-hybridized carbons (Fsp3) is 1.00. The Bertz CT molecular complexity index is 282. The van der Waals surface area contributed by atoms with Gasteiger partial charge >= 0.3 is 0 Å². The van der Waals surface area contributed by atoms with Crippen LogP contribution >= 0.6 is 0 Å². The van der Waals surface area contributed by atoms with Crippen molar-refractivity contribution in [1.82, 2.24) is 10.0 Å². The molecule has 0 unspecified atom stereocenters. The van der Waals surface area contributed by atoms with E-state index in [1.807, 2.05) is 0 Å². The Balaban J connectivity index is 2.32. The van der Waals surface area contributed by atoms with Crippen LogP contribution in [0.3, 0.4) is 0 Å². The first-order chi connectivity index (χ1) is 7.57. The van der Waals surface area contributed by atoms with Crippen LogP contribution in [0.5, 0.6) is 0 Å². The third kappa shape index (κ3) is 4.80. The summed E-state index contributed by atoms with van der Waals surface area (Å²) in [6.07, 6.45) is 5.54. The fourth-order valence-electron chi connectivity index (χ4n) is 2.24. The van der Waals surface area contributed by atoms with Gasteiger partial charge in [-0.1, -0.05) is 13.3 Å². The van der Waals surface area contributed by atoms with Crippen LogP contribution < -0.4 is 10.0 Å². The minimum atomic E-state index is -3.08. The normalized spacial score (nSPS) is 26.9. The molecular formula is C11H24N2O2S. The highest BCUT2D eigenvalue weighted by Crippen LogP contribution is 2.26. The minimum Gasteiger partial charge on any atom is -0.319 e. The third-order valence-corrected chi connectivity index (χ3v) is 4.83. The molecule has 0 aliphatic heterocycles. The molecule has 0 heterocycles. The Morgan fingerprint density at radius 3 is 2.31 bits per heavy atom. The lowest BCUT2D eigenvalue weighted by atomic mass is 9.85. The van der Waals surface area contributed by atoms with E-state index in [9.17, 15) is 8.42 Å². The Morgan fingerprint density at radius 2 is 1.81 bits per heavy atom. The Hall–Kier alpha value is -0.130. The maximum atomic E-state index is 11.7. The highest BCUT2D eigenvalue weighted by Gasteiger charge is 2.23. The van der Waals surface area contributed by atoms with Crippen molar-refractivity contribution in [2.45, 2.75) is 45.1 Å². The van der Waals surface area contributed by atoms with E-state index < -0.39 is 10.0 Å². The molecule has 0 saturated heterocycles. The van der Waals surface area contributed by atoms with Crippen LogP contribution in [0.4, 0.5) is 0 Å². The summed E-state index contributed by atoms with van der Waals surface area (Å²) < 4.78 is 26.1. The zero-order chi connectivity index (χ0) is 12.0. The van der Waals surface area contributed by atoms with Crippen molar-refractivity contribution in [3.63, 3.8) is 0 Å². The van der Waals surface area contributed by atoms with Gasteiger partial charge in [0.2, 0.25) is 10.0 Å². The second-order valence-electron chi connectivity index (χ2n) is 4.67. The van der Waals surface area contributed by atoms with Crippen LogP contribution in [0.15, 0.2) is 0 Å². The molecule has 1 aliphatic rings. The molecule has 16 heavy (non-hydrogen) atoms. The summed E-state index contributed by atoms with van der Waals surface area (Å²) in [5.41, 5.74) is 0. The summed E-state index contributed by atoms with van der Waals surface area (Å²) in [7, 11) is -1.31. The van der Waals surface area contributed by atoms with Crippen molar-refractivity contribution >= 4 is 10.0 Å². The summed E-state index contributed by atoms with van der Waals surface area (Å²) in [4.78, 5) is 0. The van der Waals surface area contributed by atoms with E-state index in [1.54, 1.807) is 7.05 Å². The molecule has 1 saturated carbocycles. The van der Waals surface area contributed by atoms with Gasteiger partial charge in [-0.25, -0.2) is 13.1 Å². The molecule has 0 amide bonds. The van der Waals surface area contributed by atoms with Crippen molar-refractivity contribution < 1.29 is 8.42 Å². The van der Waals surface area contributed by atoms with Crippen molar-refractivity contribution in [3.8, 4) is 0 Å². The summed E-state index contributed by atoms with van der Waals surface area (Å²) in [5.74, 6) is 0.982. The minimum absolute atomic E-state index is 0.171. The van der Waals surface area contributed by atoms with E-state index in [0.29, 0.717) is 6.54 Å². The van der Waals surface area contributed by atoms with Crippen LogP contribution in [-0.2, 0) is 10.0 Å². The number of nitrogens with one attached hydrogen (secondary N) is 2. The molecule has 4 nitrogen and oxygen atoms in total. The molecule has 0 spiro atoms. The van der Waals surface area contributed by atoms with Crippen molar-refractivity contribution in [1.29, 1.82) is 0 Å². The Morgan fingerprint density at radius 1 is 1.19 bits per heavy atom. The molecule has 2 N–H and O–H groups in total. The van der Waals surface area contributed by atoms with Crippen molar-refractivity contribution in [2.24, 2.45) is 5.92 Å². The second kappa shape index (κ2) is 6.57. The van der Waals surface area contributed by atoms with Gasteiger partial charge in [0.25, 0.3) is 0 Å². The molecule has 0 radical (unpaired) electrons. The zero-order valence-corrected chi connectivity index (χ0v) is 11.1. The number of hydrogen-bond donors (Lipinski definition) is 2. The molecule has 0 aromatic carbocycles. The quantitative estimate of drug-likeness (QED) is 0.740. The average molecular weight is 248 g/mol. The van der Waals surface area contributed by atoms with Gasteiger partial charge in [0.05, 0.1) is 5.75 Å². The van der Waals surface area contributed by atoms with E-state index in [1.165, 1.54) is 6.42 Å². The van der Waals surface area contributed by atoms with E-state index in [4.69, 9.17) is 0 Å². The number of rotatable bonds is 6. The SMILES string of the molecule is CCC1CCC(NS(=O)(=O)CCNC)CC1. The lowest BCUT2D eigenvalue weighted by molar-refractivity contribution is 0.306. The van der Waals surface area contributed by atoms with Gasteiger partial charge in [-0.3, -0.25) is 0 Å². The Labute approximate surface area is 99.2 Å². The second-order valence-corrected chi connectivity index (χ2v) is 6.54. The molecule has 1 aliphatic carbocycles. The summed E-state index contributed by atoms with van der Waals surface area (Å²) in [6.45, 7) is 2.72. The first-order valence-corrected chi connectivity index (χ1v) is 7.87. The van der Waals surface area contributed by atoms with Crippen molar-refractivity contribution in [2.75, 3.05) is 19.3 Å². The molecule has 0 aromatic rings.